The molecule has 0 fully saturated rings. The number of esters is 1. The maximum absolute atomic E-state index is 12.3. The van der Waals surface area contributed by atoms with E-state index in [0.717, 1.165) is 0 Å². The van der Waals surface area contributed by atoms with Gasteiger partial charge in [-0.15, -0.1) is 0 Å². The first kappa shape index (κ1) is 12.3. The standard InChI is InChI=1S/C15H14O3/c1-18-15(17)13-10-6-5-9-12(13)14(16)11-7-3-2-4-8-11/h2-9,13H,10H2,1H3. The fraction of sp³-hybridized carbons (Fsp3) is 0.200. The summed E-state index contributed by atoms with van der Waals surface area (Å²) in [7, 11) is 1.34. The molecule has 1 aromatic rings. The van der Waals surface area contributed by atoms with E-state index in [9.17, 15) is 9.59 Å². The zero-order chi connectivity index (χ0) is 13.0. The van der Waals surface area contributed by atoms with E-state index in [4.69, 9.17) is 4.74 Å². The number of hydrogen-bond acceptors (Lipinski definition) is 3. The highest BCUT2D eigenvalue weighted by Gasteiger charge is 2.29. The summed E-state index contributed by atoms with van der Waals surface area (Å²) in [4.78, 5) is 24.0. The SMILES string of the molecule is COC(=O)C1CC=CC=C1C(=O)c1ccccc1. The number of ether oxygens (including phenoxy) is 1. The number of carbonyl (C=O) groups is 2. The van der Waals surface area contributed by atoms with Crippen molar-refractivity contribution in [1.29, 1.82) is 0 Å². The molecule has 0 bridgehead atoms. The Morgan fingerprint density at radius 3 is 2.61 bits per heavy atom. The number of benzene rings is 1. The third kappa shape index (κ3) is 2.40. The third-order valence-corrected chi connectivity index (χ3v) is 2.94. The average molecular weight is 242 g/mol. The summed E-state index contributed by atoms with van der Waals surface area (Å²) < 4.78 is 4.74. The van der Waals surface area contributed by atoms with Crippen molar-refractivity contribution in [2.24, 2.45) is 5.92 Å². The summed E-state index contributed by atoms with van der Waals surface area (Å²) >= 11 is 0. The van der Waals surface area contributed by atoms with Gasteiger partial charge in [0.1, 0.15) is 0 Å². The van der Waals surface area contributed by atoms with Crippen molar-refractivity contribution in [2.75, 3.05) is 7.11 Å². The maximum atomic E-state index is 12.3. The molecule has 0 heterocycles. The van der Waals surface area contributed by atoms with Gasteiger partial charge in [-0.3, -0.25) is 9.59 Å². The number of carbonyl (C=O) groups excluding carboxylic acids is 2. The molecule has 2 rings (SSSR count). The number of rotatable bonds is 3. The van der Waals surface area contributed by atoms with E-state index in [1.807, 2.05) is 12.1 Å². The van der Waals surface area contributed by atoms with E-state index in [1.54, 1.807) is 36.4 Å². The Balaban J connectivity index is 2.30. The van der Waals surface area contributed by atoms with Crippen LogP contribution in [0.25, 0.3) is 0 Å². The van der Waals surface area contributed by atoms with Crippen molar-refractivity contribution >= 4 is 11.8 Å². The zero-order valence-electron chi connectivity index (χ0n) is 10.1. The van der Waals surface area contributed by atoms with Crippen LogP contribution in [-0.4, -0.2) is 18.9 Å². The number of ketones is 1. The van der Waals surface area contributed by atoms with Crippen LogP contribution in [0.3, 0.4) is 0 Å². The fourth-order valence-electron chi connectivity index (χ4n) is 1.99. The van der Waals surface area contributed by atoms with Crippen molar-refractivity contribution in [3.63, 3.8) is 0 Å². The van der Waals surface area contributed by atoms with E-state index in [1.165, 1.54) is 7.11 Å². The number of allylic oxidation sites excluding steroid dienone is 3. The van der Waals surface area contributed by atoms with Gasteiger partial charge in [-0.2, -0.15) is 0 Å². The maximum Gasteiger partial charge on any atom is 0.313 e. The lowest BCUT2D eigenvalue weighted by molar-refractivity contribution is -0.143. The first-order chi connectivity index (χ1) is 8.74. The number of hydrogen-bond donors (Lipinski definition) is 0. The smallest absolute Gasteiger partial charge is 0.313 e. The molecule has 0 aromatic heterocycles. The second-order valence-electron chi connectivity index (χ2n) is 4.06. The molecule has 0 aliphatic heterocycles. The molecule has 3 nitrogen and oxygen atoms in total. The van der Waals surface area contributed by atoms with E-state index in [0.29, 0.717) is 17.6 Å². The predicted octanol–water partition coefficient (Wildman–Crippen LogP) is 2.54. The van der Waals surface area contributed by atoms with Crippen LogP contribution in [0.5, 0.6) is 0 Å². The molecule has 18 heavy (non-hydrogen) atoms. The summed E-state index contributed by atoms with van der Waals surface area (Å²) in [5, 5.41) is 0. The first-order valence-electron chi connectivity index (χ1n) is 5.78. The highest BCUT2D eigenvalue weighted by atomic mass is 16.5. The van der Waals surface area contributed by atoms with Crippen LogP contribution >= 0.6 is 0 Å². The Hall–Kier alpha value is -2.16. The van der Waals surface area contributed by atoms with Gasteiger partial charge >= 0.3 is 5.97 Å². The van der Waals surface area contributed by atoms with Crippen LogP contribution < -0.4 is 0 Å². The molecular formula is C15H14O3. The number of methoxy groups -OCH3 is 1. The molecule has 1 aliphatic rings. The van der Waals surface area contributed by atoms with E-state index in [2.05, 4.69) is 0 Å². The largest absolute Gasteiger partial charge is 0.469 e. The van der Waals surface area contributed by atoms with Gasteiger partial charge < -0.3 is 4.74 Å². The van der Waals surface area contributed by atoms with Crippen LogP contribution in [0.4, 0.5) is 0 Å². The molecule has 1 atom stereocenters. The molecule has 3 heteroatoms. The van der Waals surface area contributed by atoms with Crippen molar-refractivity contribution in [3.05, 3.63) is 59.7 Å². The minimum atomic E-state index is -0.493. The third-order valence-electron chi connectivity index (χ3n) is 2.94. The minimum Gasteiger partial charge on any atom is -0.469 e. The molecule has 0 radical (unpaired) electrons. The summed E-state index contributed by atoms with van der Waals surface area (Å²) in [6.07, 6.45) is 5.87. The van der Waals surface area contributed by atoms with Crippen molar-refractivity contribution in [2.45, 2.75) is 6.42 Å². The van der Waals surface area contributed by atoms with Gasteiger partial charge in [-0.25, -0.2) is 0 Å². The average Bonchev–Trinajstić information content (AvgIpc) is 2.46. The molecule has 0 spiro atoms. The summed E-state index contributed by atoms with van der Waals surface area (Å²) in [6.45, 7) is 0. The van der Waals surface area contributed by atoms with Gasteiger partial charge in [0.05, 0.1) is 13.0 Å². The highest BCUT2D eigenvalue weighted by Crippen LogP contribution is 2.25. The molecule has 0 N–H and O–H groups in total. The Labute approximate surface area is 106 Å². The summed E-state index contributed by atoms with van der Waals surface area (Å²) in [5.74, 6) is -0.974. The van der Waals surface area contributed by atoms with Crippen molar-refractivity contribution in [1.82, 2.24) is 0 Å². The lowest BCUT2D eigenvalue weighted by Crippen LogP contribution is -2.24. The minimum absolute atomic E-state index is 0.115. The summed E-state index contributed by atoms with van der Waals surface area (Å²) in [6, 6.07) is 8.95. The molecule has 1 aliphatic carbocycles. The number of Topliss-reactive ketones (excluding diaryl/α,β-unsaturated/α-hetero) is 1. The van der Waals surface area contributed by atoms with Crippen LogP contribution in [-0.2, 0) is 9.53 Å². The molecule has 0 saturated carbocycles. The molecule has 1 aromatic carbocycles. The van der Waals surface area contributed by atoms with E-state index >= 15 is 0 Å². The molecule has 92 valence electrons. The monoisotopic (exact) mass is 242 g/mol. The highest BCUT2D eigenvalue weighted by molar-refractivity contribution is 6.11. The topological polar surface area (TPSA) is 43.4 Å². The van der Waals surface area contributed by atoms with Crippen LogP contribution in [0.2, 0.25) is 0 Å². The van der Waals surface area contributed by atoms with Gasteiger partial charge in [-0.05, 0) is 6.42 Å². The van der Waals surface area contributed by atoms with Gasteiger partial charge in [0.25, 0.3) is 0 Å². The van der Waals surface area contributed by atoms with Gasteiger partial charge in [0.15, 0.2) is 5.78 Å². The second kappa shape index (κ2) is 5.45. The predicted molar refractivity (Wildman–Crippen MR) is 68.1 cm³/mol. The zero-order valence-corrected chi connectivity index (χ0v) is 10.1. The molecule has 0 saturated heterocycles. The lowest BCUT2D eigenvalue weighted by atomic mass is 9.86. The van der Waals surface area contributed by atoms with Gasteiger partial charge in [0.2, 0.25) is 0 Å². The second-order valence-corrected chi connectivity index (χ2v) is 4.06. The van der Waals surface area contributed by atoms with Gasteiger partial charge in [-0.1, -0.05) is 48.6 Å². The lowest BCUT2D eigenvalue weighted by Gasteiger charge is -2.18. The van der Waals surface area contributed by atoms with E-state index in [-0.39, 0.29) is 11.8 Å². The fourth-order valence-corrected chi connectivity index (χ4v) is 1.99. The summed E-state index contributed by atoms with van der Waals surface area (Å²) in [5.41, 5.74) is 1.09. The van der Waals surface area contributed by atoms with Gasteiger partial charge in [0, 0.05) is 11.1 Å². The Morgan fingerprint density at radius 1 is 1.22 bits per heavy atom. The Kier molecular flexibility index (Phi) is 3.72. The van der Waals surface area contributed by atoms with Crippen LogP contribution in [0, 0.1) is 5.92 Å². The normalized spacial score (nSPS) is 18.1. The molecule has 0 amide bonds. The Morgan fingerprint density at radius 2 is 1.94 bits per heavy atom. The van der Waals surface area contributed by atoms with Crippen molar-refractivity contribution < 1.29 is 14.3 Å². The van der Waals surface area contributed by atoms with Crippen LogP contribution in [0.1, 0.15) is 16.8 Å². The quantitative estimate of drug-likeness (QED) is 0.604. The Bertz CT molecular complexity index is 512. The first-order valence-corrected chi connectivity index (χ1v) is 5.78. The van der Waals surface area contributed by atoms with Crippen LogP contribution in [0.15, 0.2) is 54.1 Å². The van der Waals surface area contributed by atoms with Crippen molar-refractivity contribution in [3.8, 4) is 0 Å². The van der Waals surface area contributed by atoms with E-state index < -0.39 is 5.92 Å². The molecular weight excluding hydrogens is 228 g/mol. The molecule has 1 unspecified atom stereocenters.